The van der Waals surface area contributed by atoms with Gasteiger partial charge in [-0.15, -0.1) is 0 Å². The van der Waals surface area contributed by atoms with E-state index in [9.17, 15) is 5.11 Å². The van der Waals surface area contributed by atoms with Gasteiger partial charge in [0, 0.05) is 25.7 Å². The highest BCUT2D eigenvalue weighted by atomic mass is 16.5. The molecule has 0 aromatic rings. The number of nitrogens with zero attached hydrogens (tertiary/aromatic N) is 1. The molecular formula is C19H36N2O2. The maximum absolute atomic E-state index is 9.88. The fourth-order valence-electron chi connectivity index (χ4n) is 5.56. The summed E-state index contributed by atoms with van der Waals surface area (Å²) in [6, 6.07) is 1.39. The van der Waals surface area contributed by atoms with Crippen LogP contribution in [0.5, 0.6) is 0 Å². The summed E-state index contributed by atoms with van der Waals surface area (Å²) in [5.74, 6) is 1.89. The standard InChI is InChI=1S/C19H36N2O2/c1-19(2)17-7-5-4-6-16(17)18(19)20-14-8-10-21(11-9-14)12-15(22)13-23-3/h14-18,20,22H,4-13H2,1-3H3/t15?,16-,17+,18?/m1/s1. The Morgan fingerprint density at radius 2 is 1.87 bits per heavy atom. The van der Waals surface area contributed by atoms with Gasteiger partial charge in [0.15, 0.2) is 0 Å². The summed E-state index contributed by atoms with van der Waals surface area (Å²) in [7, 11) is 1.65. The molecule has 1 aliphatic heterocycles. The van der Waals surface area contributed by atoms with E-state index in [-0.39, 0.29) is 6.10 Å². The molecule has 3 fully saturated rings. The van der Waals surface area contributed by atoms with Crippen LogP contribution in [0.2, 0.25) is 0 Å². The molecule has 3 aliphatic rings. The minimum absolute atomic E-state index is 0.349. The van der Waals surface area contributed by atoms with Crippen LogP contribution < -0.4 is 5.32 Å². The molecule has 1 saturated heterocycles. The zero-order valence-electron chi connectivity index (χ0n) is 15.3. The SMILES string of the molecule is COCC(O)CN1CCC(NC2[C@@H]3CCCC[C@@H]3C2(C)C)CC1. The Hall–Kier alpha value is -0.160. The normalized spacial score (nSPS) is 36.3. The van der Waals surface area contributed by atoms with Crippen molar-refractivity contribution in [3.8, 4) is 0 Å². The van der Waals surface area contributed by atoms with Gasteiger partial charge in [0.2, 0.25) is 0 Å². The summed E-state index contributed by atoms with van der Waals surface area (Å²) in [6.45, 7) is 8.35. The molecule has 4 nitrogen and oxygen atoms in total. The molecule has 0 amide bonds. The minimum Gasteiger partial charge on any atom is -0.389 e. The van der Waals surface area contributed by atoms with E-state index in [1.54, 1.807) is 7.11 Å². The average Bonchev–Trinajstić information content (AvgIpc) is 2.54. The molecule has 2 aliphatic carbocycles. The number of methoxy groups -OCH3 is 1. The Morgan fingerprint density at radius 3 is 2.57 bits per heavy atom. The van der Waals surface area contributed by atoms with Crippen molar-refractivity contribution in [1.82, 2.24) is 10.2 Å². The Kier molecular flexibility index (Phi) is 5.67. The number of β-amino-alcohol motifs (C(OH)–C–C–N with tert-alkyl or cyclic N) is 1. The van der Waals surface area contributed by atoms with Crippen LogP contribution in [0.3, 0.4) is 0 Å². The van der Waals surface area contributed by atoms with Gasteiger partial charge in [-0.2, -0.15) is 0 Å². The molecule has 134 valence electrons. The first-order valence-corrected chi connectivity index (χ1v) is 9.67. The monoisotopic (exact) mass is 324 g/mol. The van der Waals surface area contributed by atoms with Crippen LogP contribution in [0.15, 0.2) is 0 Å². The van der Waals surface area contributed by atoms with Crippen molar-refractivity contribution in [1.29, 1.82) is 0 Å². The van der Waals surface area contributed by atoms with E-state index >= 15 is 0 Å². The molecule has 4 heteroatoms. The number of aliphatic hydroxyl groups excluding tert-OH is 1. The van der Waals surface area contributed by atoms with Gasteiger partial charge in [0.05, 0.1) is 12.7 Å². The third-order valence-corrected chi connectivity index (χ3v) is 6.84. The van der Waals surface area contributed by atoms with Gasteiger partial charge in [-0.25, -0.2) is 0 Å². The van der Waals surface area contributed by atoms with E-state index in [0.717, 1.165) is 37.5 Å². The second-order valence-electron chi connectivity index (χ2n) is 8.70. The number of aliphatic hydroxyl groups is 1. The topological polar surface area (TPSA) is 44.7 Å². The fraction of sp³-hybridized carbons (Fsp3) is 1.00. The molecular weight excluding hydrogens is 288 g/mol. The third-order valence-electron chi connectivity index (χ3n) is 6.84. The number of nitrogens with one attached hydrogen (secondary N) is 1. The molecule has 2 N–H and O–H groups in total. The summed E-state index contributed by atoms with van der Waals surface area (Å²) in [5.41, 5.74) is 0.483. The van der Waals surface area contributed by atoms with Crippen LogP contribution in [0.1, 0.15) is 52.4 Å². The van der Waals surface area contributed by atoms with E-state index in [2.05, 4.69) is 24.1 Å². The molecule has 0 spiro atoms. The first-order chi connectivity index (χ1) is 11.0. The number of ether oxygens (including phenoxy) is 1. The lowest BCUT2D eigenvalue weighted by Crippen LogP contribution is -2.67. The predicted octanol–water partition coefficient (Wildman–Crippen LogP) is 2.26. The van der Waals surface area contributed by atoms with Crippen molar-refractivity contribution in [2.45, 2.75) is 70.6 Å². The highest BCUT2D eigenvalue weighted by Crippen LogP contribution is 2.57. The van der Waals surface area contributed by atoms with Crippen molar-refractivity contribution in [2.24, 2.45) is 17.3 Å². The molecule has 3 rings (SSSR count). The van der Waals surface area contributed by atoms with Gasteiger partial charge >= 0.3 is 0 Å². The number of rotatable bonds is 6. The molecule has 2 unspecified atom stereocenters. The van der Waals surface area contributed by atoms with Gasteiger partial charge in [0.25, 0.3) is 0 Å². The van der Waals surface area contributed by atoms with E-state index in [1.807, 2.05) is 0 Å². The van der Waals surface area contributed by atoms with Crippen molar-refractivity contribution in [3.63, 3.8) is 0 Å². The number of piperidine rings is 1. The van der Waals surface area contributed by atoms with Crippen LogP contribution in [0, 0.1) is 17.3 Å². The van der Waals surface area contributed by atoms with Crippen LogP contribution in [-0.4, -0.2) is 61.5 Å². The quantitative estimate of drug-likeness (QED) is 0.787. The Labute approximate surface area is 142 Å². The highest BCUT2D eigenvalue weighted by Gasteiger charge is 2.56. The third kappa shape index (κ3) is 3.76. The lowest BCUT2D eigenvalue weighted by Gasteiger charge is -2.62. The lowest BCUT2D eigenvalue weighted by molar-refractivity contribution is -0.0942. The van der Waals surface area contributed by atoms with Gasteiger partial charge in [-0.05, 0) is 56.0 Å². The lowest BCUT2D eigenvalue weighted by atomic mass is 9.47. The molecule has 1 heterocycles. The average molecular weight is 325 g/mol. The molecule has 0 bridgehead atoms. The molecule has 0 radical (unpaired) electrons. The molecule has 2 saturated carbocycles. The fourth-order valence-corrected chi connectivity index (χ4v) is 5.56. The van der Waals surface area contributed by atoms with Crippen molar-refractivity contribution in [3.05, 3.63) is 0 Å². The first kappa shape index (κ1) is 17.7. The Bertz CT molecular complexity index is 380. The largest absolute Gasteiger partial charge is 0.389 e. The van der Waals surface area contributed by atoms with Gasteiger partial charge < -0.3 is 20.1 Å². The summed E-state index contributed by atoms with van der Waals surface area (Å²) >= 11 is 0. The van der Waals surface area contributed by atoms with Crippen LogP contribution in [0.25, 0.3) is 0 Å². The van der Waals surface area contributed by atoms with Crippen molar-refractivity contribution in [2.75, 3.05) is 33.4 Å². The summed E-state index contributed by atoms with van der Waals surface area (Å²) < 4.78 is 5.03. The predicted molar refractivity (Wildman–Crippen MR) is 93.5 cm³/mol. The van der Waals surface area contributed by atoms with Crippen molar-refractivity contribution < 1.29 is 9.84 Å². The van der Waals surface area contributed by atoms with Crippen LogP contribution in [0.4, 0.5) is 0 Å². The molecule has 4 atom stereocenters. The maximum Gasteiger partial charge on any atom is 0.0900 e. The zero-order valence-corrected chi connectivity index (χ0v) is 15.3. The first-order valence-electron chi connectivity index (χ1n) is 9.67. The number of hydrogen-bond donors (Lipinski definition) is 2. The maximum atomic E-state index is 9.88. The van der Waals surface area contributed by atoms with E-state index in [0.29, 0.717) is 18.1 Å². The summed E-state index contributed by atoms with van der Waals surface area (Å²) in [4.78, 5) is 2.39. The number of hydrogen-bond acceptors (Lipinski definition) is 4. The zero-order chi connectivity index (χ0) is 16.4. The summed E-state index contributed by atoms with van der Waals surface area (Å²) in [5, 5.41) is 13.9. The minimum atomic E-state index is -0.349. The van der Waals surface area contributed by atoms with Crippen molar-refractivity contribution >= 4 is 0 Å². The summed E-state index contributed by atoms with van der Waals surface area (Å²) in [6.07, 6.45) is 7.84. The highest BCUT2D eigenvalue weighted by molar-refractivity contribution is 5.09. The van der Waals surface area contributed by atoms with Gasteiger partial charge in [-0.3, -0.25) is 0 Å². The van der Waals surface area contributed by atoms with E-state index in [1.165, 1.54) is 38.5 Å². The molecule has 0 aromatic heterocycles. The Balaban J connectivity index is 1.44. The number of likely N-dealkylation sites (tertiary alicyclic amines) is 1. The van der Waals surface area contributed by atoms with Gasteiger partial charge in [-0.1, -0.05) is 26.7 Å². The second kappa shape index (κ2) is 7.38. The van der Waals surface area contributed by atoms with E-state index in [4.69, 9.17) is 4.74 Å². The van der Waals surface area contributed by atoms with Crippen LogP contribution >= 0.6 is 0 Å². The van der Waals surface area contributed by atoms with E-state index < -0.39 is 0 Å². The molecule has 23 heavy (non-hydrogen) atoms. The molecule has 0 aromatic carbocycles. The van der Waals surface area contributed by atoms with Gasteiger partial charge in [0.1, 0.15) is 0 Å². The smallest absolute Gasteiger partial charge is 0.0900 e. The Morgan fingerprint density at radius 1 is 1.17 bits per heavy atom. The second-order valence-corrected chi connectivity index (χ2v) is 8.70. The number of fused-ring (bicyclic) bond motifs is 1. The van der Waals surface area contributed by atoms with Crippen LogP contribution in [-0.2, 0) is 4.74 Å².